The Labute approximate surface area is 65.3 Å². The molecule has 0 aromatic heterocycles. The summed E-state index contributed by atoms with van der Waals surface area (Å²) in [4.78, 5) is 10.6. The van der Waals surface area contributed by atoms with Crippen LogP contribution in [0, 0.1) is 0 Å². The van der Waals surface area contributed by atoms with Crippen molar-refractivity contribution in [2.45, 2.75) is 13.3 Å². The molecule has 0 N–H and O–H groups in total. The van der Waals surface area contributed by atoms with Crippen LogP contribution in [0.2, 0.25) is 0 Å². The molecular weight excluding hydrogens is 152 g/mol. The average molecular weight is 162 g/mol. The van der Waals surface area contributed by atoms with Gasteiger partial charge < -0.3 is 9.47 Å². The summed E-state index contributed by atoms with van der Waals surface area (Å²) >= 11 is 4.62. The van der Waals surface area contributed by atoms with Crippen molar-refractivity contribution in [3.05, 3.63) is 0 Å². The van der Waals surface area contributed by atoms with Crippen LogP contribution in [-0.4, -0.2) is 24.7 Å². The first-order valence-electron chi connectivity index (χ1n) is 2.93. The summed E-state index contributed by atoms with van der Waals surface area (Å²) in [5, 5.41) is 0.262. The summed E-state index contributed by atoms with van der Waals surface area (Å²) in [6.45, 7) is 2.12. The number of rotatable bonds is 3. The smallest absolute Gasteiger partial charge is 0.314 e. The van der Waals surface area contributed by atoms with Crippen molar-refractivity contribution < 1.29 is 14.3 Å². The molecule has 10 heavy (non-hydrogen) atoms. The van der Waals surface area contributed by atoms with Gasteiger partial charge in [-0.15, -0.1) is 0 Å². The zero-order valence-corrected chi connectivity index (χ0v) is 6.86. The van der Waals surface area contributed by atoms with Crippen molar-refractivity contribution in [1.29, 1.82) is 0 Å². The molecule has 0 aliphatic rings. The molecule has 0 aliphatic heterocycles. The molecule has 0 fully saturated rings. The van der Waals surface area contributed by atoms with Crippen LogP contribution in [0.15, 0.2) is 0 Å². The van der Waals surface area contributed by atoms with Crippen LogP contribution < -0.4 is 0 Å². The second-order valence-corrected chi connectivity index (χ2v) is 2.01. The maximum atomic E-state index is 10.6. The van der Waals surface area contributed by atoms with Crippen LogP contribution in [0.25, 0.3) is 0 Å². The fourth-order valence-electron chi connectivity index (χ4n) is 0.402. The molecule has 0 heterocycles. The second-order valence-electron chi connectivity index (χ2n) is 1.56. The quantitative estimate of drug-likeness (QED) is 0.456. The summed E-state index contributed by atoms with van der Waals surface area (Å²) in [6, 6.07) is 0. The van der Waals surface area contributed by atoms with Crippen LogP contribution in [0.1, 0.15) is 13.3 Å². The Bertz CT molecular complexity index is 133. The molecule has 0 saturated carbocycles. The van der Waals surface area contributed by atoms with Gasteiger partial charge in [0, 0.05) is 0 Å². The molecule has 4 heteroatoms. The van der Waals surface area contributed by atoms with E-state index in [-0.39, 0.29) is 17.4 Å². The monoisotopic (exact) mass is 162 g/mol. The Balaban J connectivity index is 3.47. The molecule has 0 amide bonds. The molecule has 0 aromatic rings. The van der Waals surface area contributed by atoms with E-state index in [1.165, 1.54) is 7.11 Å². The number of carbonyl (C=O) groups excluding carboxylic acids is 1. The van der Waals surface area contributed by atoms with E-state index in [1.807, 2.05) is 0 Å². The van der Waals surface area contributed by atoms with Crippen molar-refractivity contribution in [2.24, 2.45) is 0 Å². The van der Waals surface area contributed by atoms with Gasteiger partial charge in [0.15, 0.2) is 5.05 Å². The molecule has 0 rings (SSSR count). The summed E-state index contributed by atoms with van der Waals surface area (Å²) in [7, 11) is 1.43. The third kappa shape index (κ3) is 4.26. The second kappa shape index (κ2) is 5.17. The standard InChI is InChI=1S/C6H10O3S/c1-3-9-5(7)4-6(10)8-2/h3-4H2,1-2H3. The van der Waals surface area contributed by atoms with E-state index < -0.39 is 0 Å². The number of hydrogen-bond acceptors (Lipinski definition) is 4. The molecule has 0 aromatic carbocycles. The molecule has 0 radical (unpaired) electrons. The van der Waals surface area contributed by atoms with Crippen LogP contribution in [0.5, 0.6) is 0 Å². The summed E-state index contributed by atoms with van der Waals surface area (Å²) < 4.78 is 9.21. The van der Waals surface area contributed by atoms with Crippen molar-refractivity contribution in [2.75, 3.05) is 13.7 Å². The van der Waals surface area contributed by atoms with Crippen molar-refractivity contribution in [3.63, 3.8) is 0 Å². The van der Waals surface area contributed by atoms with Gasteiger partial charge in [0.1, 0.15) is 6.42 Å². The zero-order valence-electron chi connectivity index (χ0n) is 6.05. The van der Waals surface area contributed by atoms with Gasteiger partial charge in [0.05, 0.1) is 13.7 Å². The zero-order chi connectivity index (χ0) is 7.98. The molecule has 3 nitrogen and oxygen atoms in total. The van der Waals surface area contributed by atoms with Crippen molar-refractivity contribution in [1.82, 2.24) is 0 Å². The summed E-state index contributed by atoms with van der Waals surface area (Å²) in [5.41, 5.74) is 0. The lowest BCUT2D eigenvalue weighted by Gasteiger charge is -2.00. The van der Waals surface area contributed by atoms with E-state index in [0.717, 1.165) is 0 Å². The maximum Gasteiger partial charge on any atom is 0.314 e. The molecule has 0 bridgehead atoms. The average Bonchev–Trinajstić information content (AvgIpc) is 1.88. The highest BCUT2D eigenvalue weighted by Gasteiger charge is 2.04. The Kier molecular flexibility index (Phi) is 4.84. The molecule has 0 saturated heterocycles. The van der Waals surface area contributed by atoms with E-state index in [0.29, 0.717) is 6.61 Å². The van der Waals surface area contributed by atoms with Gasteiger partial charge >= 0.3 is 5.97 Å². The van der Waals surface area contributed by atoms with Gasteiger partial charge in [-0.1, -0.05) is 0 Å². The highest BCUT2D eigenvalue weighted by atomic mass is 32.1. The number of esters is 1. The summed E-state index contributed by atoms with van der Waals surface area (Å²) in [6.07, 6.45) is 0.0691. The van der Waals surface area contributed by atoms with E-state index in [2.05, 4.69) is 21.7 Å². The normalized spacial score (nSPS) is 8.60. The van der Waals surface area contributed by atoms with E-state index in [1.54, 1.807) is 6.92 Å². The molecule has 58 valence electrons. The third-order valence-corrected chi connectivity index (χ3v) is 1.13. The van der Waals surface area contributed by atoms with Gasteiger partial charge in [-0.2, -0.15) is 0 Å². The van der Waals surface area contributed by atoms with Crippen LogP contribution in [-0.2, 0) is 14.3 Å². The van der Waals surface area contributed by atoms with Crippen LogP contribution in [0.4, 0.5) is 0 Å². The van der Waals surface area contributed by atoms with Gasteiger partial charge in [0.25, 0.3) is 0 Å². The fourth-order valence-corrected chi connectivity index (χ4v) is 0.520. The van der Waals surface area contributed by atoms with E-state index >= 15 is 0 Å². The van der Waals surface area contributed by atoms with E-state index in [4.69, 9.17) is 0 Å². The fraction of sp³-hybridized carbons (Fsp3) is 0.667. The predicted molar refractivity (Wildman–Crippen MR) is 40.9 cm³/mol. The van der Waals surface area contributed by atoms with Crippen molar-refractivity contribution >= 4 is 23.2 Å². The SMILES string of the molecule is CCOC(=O)CC(=S)OC. The first-order valence-corrected chi connectivity index (χ1v) is 3.34. The van der Waals surface area contributed by atoms with Gasteiger partial charge in [-0.3, -0.25) is 4.79 Å². The van der Waals surface area contributed by atoms with Crippen LogP contribution in [0.3, 0.4) is 0 Å². The lowest BCUT2D eigenvalue weighted by Crippen LogP contribution is -2.10. The minimum absolute atomic E-state index is 0.0691. The highest BCUT2D eigenvalue weighted by molar-refractivity contribution is 7.80. The maximum absolute atomic E-state index is 10.6. The van der Waals surface area contributed by atoms with Gasteiger partial charge in [-0.25, -0.2) is 0 Å². The Morgan fingerprint density at radius 1 is 1.60 bits per heavy atom. The molecule has 0 spiro atoms. The number of ether oxygens (including phenoxy) is 2. The largest absolute Gasteiger partial charge is 0.490 e. The minimum Gasteiger partial charge on any atom is -0.490 e. The number of hydrogen-bond donors (Lipinski definition) is 0. The highest BCUT2D eigenvalue weighted by Crippen LogP contribution is 1.90. The minimum atomic E-state index is -0.339. The first kappa shape index (κ1) is 9.36. The number of thiocarbonyl (C=S) groups is 1. The first-order chi connectivity index (χ1) is 4.70. The topological polar surface area (TPSA) is 35.5 Å². The third-order valence-electron chi connectivity index (χ3n) is 0.822. The molecular formula is C6H10O3S. The molecule has 0 atom stereocenters. The van der Waals surface area contributed by atoms with Gasteiger partial charge in [0.2, 0.25) is 0 Å². The Morgan fingerprint density at radius 3 is 2.60 bits per heavy atom. The summed E-state index contributed by atoms with van der Waals surface area (Å²) in [5.74, 6) is -0.339. The van der Waals surface area contributed by atoms with Crippen molar-refractivity contribution in [3.8, 4) is 0 Å². The Morgan fingerprint density at radius 2 is 2.20 bits per heavy atom. The van der Waals surface area contributed by atoms with Gasteiger partial charge in [-0.05, 0) is 19.1 Å². The predicted octanol–water partition coefficient (Wildman–Crippen LogP) is 0.913. The van der Waals surface area contributed by atoms with E-state index in [9.17, 15) is 4.79 Å². The lowest BCUT2D eigenvalue weighted by molar-refractivity contribution is -0.141. The van der Waals surface area contributed by atoms with Crippen LogP contribution >= 0.6 is 12.2 Å². The molecule has 0 unspecified atom stereocenters. The molecule has 0 aliphatic carbocycles. The lowest BCUT2D eigenvalue weighted by atomic mass is 10.5. The number of carbonyl (C=O) groups is 1. The number of methoxy groups -OCH3 is 1. The Hall–Kier alpha value is -0.640.